The van der Waals surface area contributed by atoms with Gasteiger partial charge in [0.1, 0.15) is 6.33 Å². The number of hydrogen-bond donors (Lipinski definition) is 0. The summed E-state index contributed by atoms with van der Waals surface area (Å²) in [6.07, 6.45) is 3.48. The molecule has 0 saturated carbocycles. The van der Waals surface area contributed by atoms with Gasteiger partial charge in [0.2, 0.25) is 0 Å². The van der Waals surface area contributed by atoms with Gasteiger partial charge in [0.15, 0.2) is 0 Å². The highest BCUT2D eigenvalue weighted by atomic mass is 32.1. The molecule has 4 aromatic rings. The summed E-state index contributed by atoms with van der Waals surface area (Å²) in [4.78, 5) is 8.47. The van der Waals surface area contributed by atoms with Gasteiger partial charge in [-0.2, -0.15) is 0 Å². The zero-order valence-electron chi connectivity index (χ0n) is 8.92. The first kappa shape index (κ1) is 9.07. The number of fused-ring (bicyclic) bond motifs is 5. The van der Waals surface area contributed by atoms with Gasteiger partial charge in [0.25, 0.3) is 0 Å². The summed E-state index contributed by atoms with van der Waals surface area (Å²) in [6.45, 7) is 0. The van der Waals surface area contributed by atoms with Gasteiger partial charge in [-0.15, -0.1) is 11.3 Å². The second-order valence-electron chi connectivity index (χ2n) is 4.00. The number of hydrogen-bond acceptors (Lipinski definition) is 3. The quantitative estimate of drug-likeness (QED) is 0.461. The molecule has 0 unspecified atom stereocenters. The molecule has 0 fully saturated rings. The van der Waals surface area contributed by atoms with Crippen LogP contribution in [-0.4, -0.2) is 9.97 Å². The molecule has 2 heterocycles. The lowest BCUT2D eigenvalue weighted by Crippen LogP contribution is -1.79. The Labute approximate surface area is 102 Å². The minimum atomic E-state index is 1.05. The highest BCUT2D eigenvalue weighted by molar-refractivity contribution is 7.26. The van der Waals surface area contributed by atoms with E-state index in [2.05, 4.69) is 46.4 Å². The molecule has 0 saturated heterocycles. The zero-order valence-corrected chi connectivity index (χ0v) is 9.74. The fraction of sp³-hybridized carbons (Fsp3) is 0. The van der Waals surface area contributed by atoms with Gasteiger partial charge in [-0.1, -0.05) is 30.3 Å². The summed E-state index contributed by atoms with van der Waals surface area (Å²) in [5.41, 5.74) is 1.05. The zero-order chi connectivity index (χ0) is 11.2. The van der Waals surface area contributed by atoms with Gasteiger partial charge < -0.3 is 0 Å². The van der Waals surface area contributed by atoms with Gasteiger partial charge in [-0.05, 0) is 6.07 Å². The third kappa shape index (κ3) is 1.20. The van der Waals surface area contributed by atoms with E-state index < -0.39 is 0 Å². The highest BCUT2D eigenvalue weighted by Crippen LogP contribution is 2.36. The molecule has 0 atom stereocenters. The predicted octanol–water partition coefficient (Wildman–Crippen LogP) is 4.00. The maximum absolute atomic E-state index is 4.40. The average molecular weight is 236 g/mol. The van der Waals surface area contributed by atoms with E-state index in [9.17, 15) is 0 Å². The van der Waals surface area contributed by atoms with Crippen LogP contribution in [0.1, 0.15) is 0 Å². The molecule has 0 aliphatic carbocycles. The smallest absolute Gasteiger partial charge is 0.116 e. The molecule has 0 N–H and O–H groups in total. The van der Waals surface area contributed by atoms with Crippen molar-refractivity contribution < 1.29 is 0 Å². The van der Waals surface area contributed by atoms with Crippen LogP contribution in [0.4, 0.5) is 0 Å². The van der Waals surface area contributed by atoms with Crippen molar-refractivity contribution in [3.8, 4) is 0 Å². The maximum atomic E-state index is 4.40. The minimum absolute atomic E-state index is 1.05. The molecule has 3 heteroatoms. The van der Waals surface area contributed by atoms with E-state index in [0.29, 0.717) is 0 Å². The topological polar surface area (TPSA) is 25.8 Å². The average Bonchev–Trinajstić information content (AvgIpc) is 2.78. The van der Waals surface area contributed by atoms with Crippen molar-refractivity contribution in [2.24, 2.45) is 0 Å². The van der Waals surface area contributed by atoms with Crippen LogP contribution in [0.25, 0.3) is 31.1 Å². The first-order valence-corrected chi connectivity index (χ1v) is 6.25. The molecule has 2 aromatic carbocycles. The molecule has 2 nitrogen and oxygen atoms in total. The molecular formula is C14H8N2S. The van der Waals surface area contributed by atoms with Gasteiger partial charge in [-0.3, -0.25) is 0 Å². The monoisotopic (exact) mass is 236 g/mol. The summed E-state index contributed by atoms with van der Waals surface area (Å²) in [5.74, 6) is 0. The van der Waals surface area contributed by atoms with Gasteiger partial charge in [0.05, 0.1) is 10.2 Å². The van der Waals surface area contributed by atoms with Crippen molar-refractivity contribution >= 4 is 42.4 Å². The molecule has 2 aromatic heterocycles. The number of nitrogens with zero attached hydrogens (tertiary/aromatic N) is 2. The molecule has 0 amide bonds. The largest absolute Gasteiger partial charge is 0.244 e. The van der Waals surface area contributed by atoms with Crippen molar-refractivity contribution in [2.75, 3.05) is 0 Å². The fourth-order valence-electron chi connectivity index (χ4n) is 2.23. The Bertz CT molecular complexity index is 848. The van der Waals surface area contributed by atoms with Crippen molar-refractivity contribution in [2.45, 2.75) is 0 Å². The summed E-state index contributed by atoms with van der Waals surface area (Å²) in [5, 5.41) is 3.70. The van der Waals surface area contributed by atoms with E-state index >= 15 is 0 Å². The molecule has 0 aliphatic rings. The third-order valence-corrected chi connectivity index (χ3v) is 4.21. The van der Waals surface area contributed by atoms with Crippen LogP contribution in [0.5, 0.6) is 0 Å². The number of rotatable bonds is 0. The summed E-state index contributed by atoms with van der Waals surface area (Å²) < 4.78 is 2.57. The Kier molecular flexibility index (Phi) is 1.73. The van der Waals surface area contributed by atoms with Crippen LogP contribution >= 0.6 is 11.3 Å². The van der Waals surface area contributed by atoms with Crippen molar-refractivity contribution in [3.05, 3.63) is 48.9 Å². The standard InChI is InChI=1S/C14H8N2S/c1-2-4-12-10(3-1)11-6-5-9-7-15-8-16-13(9)14(11)17-12/h1-8H. The lowest BCUT2D eigenvalue weighted by molar-refractivity contribution is 1.23. The first-order chi connectivity index (χ1) is 8.43. The van der Waals surface area contributed by atoms with E-state index in [0.717, 1.165) is 10.9 Å². The van der Waals surface area contributed by atoms with Crippen molar-refractivity contribution in [1.82, 2.24) is 9.97 Å². The fourth-order valence-corrected chi connectivity index (χ4v) is 3.44. The van der Waals surface area contributed by atoms with E-state index in [4.69, 9.17) is 0 Å². The number of aromatic nitrogens is 2. The van der Waals surface area contributed by atoms with Crippen LogP contribution in [0.3, 0.4) is 0 Å². The summed E-state index contributed by atoms with van der Waals surface area (Å²) >= 11 is 1.80. The van der Waals surface area contributed by atoms with Gasteiger partial charge in [0, 0.05) is 27.1 Å². The van der Waals surface area contributed by atoms with Crippen LogP contribution in [-0.2, 0) is 0 Å². The second-order valence-corrected chi connectivity index (χ2v) is 5.05. The molecule has 0 radical (unpaired) electrons. The van der Waals surface area contributed by atoms with E-state index in [1.165, 1.54) is 20.2 Å². The van der Waals surface area contributed by atoms with E-state index in [1.54, 1.807) is 17.7 Å². The summed E-state index contributed by atoms with van der Waals surface area (Å²) in [6, 6.07) is 12.7. The van der Waals surface area contributed by atoms with Crippen molar-refractivity contribution in [1.29, 1.82) is 0 Å². The predicted molar refractivity (Wildman–Crippen MR) is 72.4 cm³/mol. The minimum Gasteiger partial charge on any atom is -0.244 e. The SMILES string of the molecule is c1ccc2c(c1)sc1c2ccc2cncnc21. The van der Waals surface area contributed by atoms with E-state index in [1.807, 2.05) is 6.20 Å². The molecule has 4 rings (SSSR count). The second kappa shape index (κ2) is 3.25. The van der Waals surface area contributed by atoms with Crippen LogP contribution in [0, 0.1) is 0 Å². The lowest BCUT2D eigenvalue weighted by Gasteiger charge is -1.96. The van der Waals surface area contributed by atoms with Crippen molar-refractivity contribution in [3.63, 3.8) is 0 Å². The highest BCUT2D eigenvalue weighted by Gasteiger charge is 2.08. The van der Waals surface area contributed by atoms with Crippen LogP contribution in [0.15, 0.2) is 48.9 Å². The Morgan fingerprint density at radius 1 is 0.941 bits per heavy atom. The van der Waals surface area contributed by atoms with Crippen LogP contribution in [0.2, 0.25) is 0 Å². The molecule has 0 aliphatic heterocycles. The molecule has 80 valence electrons. The Balaban J connectivity index is 2.34. The first-order valence-electron chi connectivity index (χ1n) is 5.43. The van der Waals surface area contributed by atoms with E-state index in [-0.39, 0.29) is 0 Å². The Hall–Kier alpha value is -2.00. The molecular weight excluding hydrogens is 228 g/mol. The van der Waals surface area contributed by atoms with Gasteiger partial charge in [-0.25, -0.2) is 9.97 Å². The number of benzene rings is 2. The maximum Gasteiger partial charge on any atom is 0.116 e. The summed E-state index contributed by atoms with van der Waals surface area (Å²) in [7, 11) is 0. The third-order valence-electron chi connectivity index (χ3n) is 3.02. The lowest BCUT2D eigenvalue weighted by atomic mass is 10.1. The Morgan fingerprint density at radius 3 is 2.88 bits per heavy atom. The molecule has 0 spiro atoms. The number of thiophene rings is 1. The normalized spacial score (nSPS) is 11.5. The van der Waals surface area contributed by atoms with Crippen LogP contribution < -0.4 is 0 Å². The molecule has 17 heavy (non-hydrogen) atoms. The Morgan fingerprint density at radius 2 is 1.88 bits per heavy atom. The molecule has 0 bridgehead atoms. The van der Waals surface area contributed by atoms with Gasteiger partial charge >= 0.3 is 0 Å².